The Morgan fingerprint density at radius 3 is 2.62 bits per heavy atom. The Labute approximate surface area is 215 Å². The highest BCUT2D eigenvalue weighted by molar-refractivity contribution is 5.86. The molecule has 7 nitrogen and oxygen atoms in total. The van der Waals surface area contributed by atoms with E-state index in [1.807, 2.05) is 41.3 Å². The highest BCUT2D eigenvalue weighted by atomic mass is 16.5. The molecule has 0 spiro atoms. The fourth-order valence-electron chi connectivity index (χ4n) is 5.27. The van der Waals surface area contributed by atoms with Crippen LogP contribution < -0.4 is 10.3 Å². The van der Waals surface area contributed by atoms with E-state index in [9.17, 15) is 4.79 Å². The molecule has 7 heteroatoms. The van der Waals surface area contributed by atoms with Gasteiger partial charge in [-0.3, -0.25) is 9.48 Å². The van der Waals surface area contributed by atoms with Crippen molar-refractivity contribution in [3.8, 4) is 22.6 Å². The molecule has 1 atom stereocenters. The minimum absolute atomic E-state index is 0.0641. The summed E-state index contributed by atoms with van der Waals surface area (Å²) >= 11 is 0. The van der Waals surface area contributed by atoms with Crippen LogP contribution in [0.1, 0.15) is 41.1 Å². The van der Waals surface area contributed by atoms with Crippen molar-refractivity contribution in [3.63, 3.8) is 0 Å². The van der Waals surface area contributed by atoms with Crippen molar-refractivity contribution < 1.29 is 9.47 Å². The van der Waals surface area contributed by atoms with Crippen molar-refractivity contribution in [3.05, 3.63) is 99.9 Å². The van der Waals surface area contributed by atoms with Crippen molar-refractivity contribution in [1.29, 1.82) is 0 Å². The monoisotopic (exact) mass is 494 g/mol. The van der Waals surface area contributed by atoms with E-state index in [1.165, 1.54) is 16.7 Å². The van der Waals surface area contributed by atoms with E-state index in [0.29, 0.717) is 18.7 Å². The second kappa shape index (κ2) is 9.09. The quantitative estimate of drug-likeness (QED) is 0.337. The molecule has 0 aliphatic carbocycles. The van der Waals surface area contributed by atoms with Crippen LogP contribution in [-0.2, 0) is 4.74 Å². The third kappa shape index (κ3) is 3.86. The molecular formula is C30H30N4O3. The lowest BCUT2D eigenvalue weighted by Gasteiger charge is -2.26. The third-order valence-electron chi connectivity index (χ3n) is 7.67. The number of ether oxygens (including phenoxy) is 2. The molecule has 1 N–H and O–H groups in total. The lowest BCUT2D eigenvalue weighted by molar-refractivity contribution is -0.0286. The van der Waals surface area contributed by atoms with Gasteiger partial charge in [0.05, 0.1) is 38.2 Å². The van der Waals surface area contributed by atoms with Crippen molar-refractivity contribution >= 4 is 10.9 Å². The maximum atomic E-state index is 13.1. The molecule has 1 fully saturated rings. The van der Waals surface area contributed by atoms with E-state index in [1.54, 1.807) is 13.3 Å². The first-order valence-electron chi connectivity index (χ1n) is 12.6. The molecule has 0 saturated carbocycles. The molecule has 1 unspecified atom stereocenters. The van der Waals surface area contributed by atoms with Gasteiger partial charge in [-0.2, -0.15) is 5.10 Å². The summed E-state index contributed by atoms with van der Waals surface area (Å²) in [4.78, 5) is 15.9. The van der Waals surface area contributed by atoms with E-state index in [-0.39, 0.29) is 17.5 Å². The van der Waals surface area contributed by atoms with Gasteiger partial charge in [0.25, 0.3) is 5.56 Å². The van der Waals surface area contributed by atoms with E-state index >= 15 is 0 Å². The van der Waals surface area contributed by atoms with Crippen LogP contribution in [0.3, 0.4) is 0 Å². The van der Waals surface area contributed by atoms with Crippen LogP contribution in [0.25, 0.3) is 27.7 Å². The number of aryl methyl sites for hydroxylation is 1. The van der Waals surface area contributed by atoms with Gasteiger partial charge in [0.1, 0.15) is 11.3 Å². The first-order valence-corrected chi connectivity index (χ1v) is 12.6. The van der Waals surface area contributed by atoms with Gasteiger partial charge in [-0.15, -0.1) is 0 Å². The molecule has 1 aliphatic heterocycles. The van der Waals surface area contributed by atoms with Gasteiger partial charge in [-0.1, -0.05) is 25.1 Å². The summed E-state index contributed by atoms with van der Waals surface area (Å²) in [5.41, 5.74) is 8.31. The molecule has 188 valence electrons. The maximum Gasteiger partial charge on any atom is 0.272 e. The van der Waals surface area contributed by atoms with Gasteiger partial charge in [-0.25, -0.2) is 0 Å². The Morgan fingerprint density at radius 1 is 1.14 bits per heavy atom. The number of nitrogens with zero attached hydrogens (tertiary/aromatic N) is 3. The normalized spacial score (nSPS) is 14.6. The van der Waals surface area contributed by atoms with Crippen molar-refractivity contribution in [2.45, 2.75) is 32.7 Å². The minimum atomic E-state index is -0.114. The first-order chi connectivity index (χ1) is 18.0. The zero-order valence-electron chi connectivity index (χ0n) is 21.5. The number of aromatic nitrogens is 4. The highest BCUT2D eigenvalue weighted by Gasteiger charge is 2.26. The van der Waals surface area contributed by atoms with Crippen LogP contribution in [0.15, 0.2) is 72.0 Å². The Hall–Kier alpha value is -4.10. The van der Waals surface area contributed by atoms with Gasteiger partial charge in [0, 0.05) is 41.0 Å². The van der Waals surface area contributed by atoms with E-state index < -0.39 is 0 Å². The highest BCUT2D eigenvalue weighted by Crippen LogP contribution is 2.41. The second-order valence-corrected chi connectivity index (χ2v) is 9.82. The average Bonchev–Trinajstić information content (AvgIpc) is 3.52. The average molecular weight is 495 g/mol. The number of nitrogens with one attached hydrogen (secondary N) is 1. The number of rotatable bonds is 6. The summed E-state index contributed by atoms with van der Waals surface area (Å²) in [6, 6.07) is 14.7. The SMILES string of the molecule is COc1ccc(C(C)c2cc(C)c(C)c(-c3cnn(C4COC4)c3)c2-n2ccc3cc[nH]c(=O)c32)cc1. The van der Waals surface area contributed by atoms with Gasteiger partial charge in [0.2, 0.25) is 0 Å². The number of pyridine rings is 1. The van der Waals surface area contributed by atoms with Crippen LogP contribution in [0.5, 0.6) is 5.75 Å². The minimum Gasteiger partial charge on any atom is -0.497 e. The molecule has 6 rings (SSSR count). The van der Waals surface area contributed by atoms with Crippen molar-refractivity contribution in [2.75, 3.05) is 20.3 Å². The number of fused-ring (bicyclic) bond motifs is 1. The van der Waals surface area contributed by atoms with Gasteiger partial charge in [-0.05, 0) is 60.4 Å². The van der Waals surface area contributed by atoms with Crippen LogP contribution in [0.2, 0.25) is 0 Å². The van der Waals surface area contributed by atoms with Crippen LogP contribution >= 0.6 is 0 Å². The summed E-state index contributed by atoms with van der Waals surface area (Å²) < 4.78 is 14.8. The number of aromatic amines is 1. The van der Waals surface area contributed by atoms with Gasteiger partial charge < -0.3 is 19.0 Å². The number of hydrogen-bond donors (Lipinski definition) is 1. The molecule has 0 amide bonds. The lowest BCUT2D eigenvalue weighted by Crippen LogP contribution is -2.30. The fourth-order valence-corrected chi connectivity index (χ4v) is 5.27. The van der Waals surface area contributed by atoms with Gasteiger partial charge >= 0.3 is 0 Å². The lowest BCUT2D eigenvalue weighted by atomic mass is 9.85. The molecule has 1 aliphatic rings. The number of hydrogen-bond acceptors (Lipinski definition) is 4. The largest absolute Gasteiger partial charge is 0.497 e. The predicted octanol–water partition coefficient (Wildman–Crippen LogP) is 5.53. The molecule has 2 aromatic carbocycles. The maximum absolute atomic E-state index is 13.1. The summed E-state index contributed by atoms with van der Waals surface area (Å²) in [6.07, 6.45) is 7.74. The Balaban J connectivity index is 1.63. The van der Waals surface area contributed by atoms with Gasteiger partial charge in [0.15, 0.2) is 0 Å². The summed E-state index contributed by atoms with van der Waals surface area (Å²) in [6.45, 7) is 7.87. The van der Waals surface area contributed by atoms with Crippen LogP contribution in [-0.4, -0.2) is 39.7 Å². The summed E-state index contributed by atoms with van der Waals surface area (Å²) in [5, 5.41) is 5.59. The standard InChI is InChI=1S/C30H30N4O3/c1-18-13-26(20(3)21-5-7-25(36-4)8-6-21)29(33-12-10-22-9-11-31-30(35)28(22)33)27(19(18)2)23-14-32-34(15-23)24-16-37-17-24/h5-15,20,24H,16-17H2,1-4H3,(H,31,35). The second-order valence-electron chi connectivity index (χ2n) is 9.82. The molecule has 5 aromatic rings. The van der Waals surface area contributed by atoms with E-state index in [4.69, 9.17) is 9.47 Å². The molecule has 0 radical (unpaired) electrons. The Bertz CT molecular complexity index is 1650. The third-order valence-corrected chi connectivity index (χ3v) is 7.67. The molecule has 37 heavy (non-hydrogen) atoms. The molecular weight excluding hydrogens is 464 g/mol. The topological polar surface area (TPSA) is 74.1 Å². The van der Waals surface area contributed by atoms with E-state index in [2.05, 4.69) is 59.8 Å². The van der Waals surface area contributed by atoms with Crippen molar-refractivity contribution in [1.82, 2.24) is 19.3 Å². The smallest absolute Gasteiger partial charge is 0.272 e. The molecule has 0 bridgehead atoms. The Kier molecular flexibility index (Phi) is 5.72. The molecule has 1 saturated heterocycles. The number of methoxy groups -OCH3 is 1. The number of benzene rings is 2. The molecule has 4 heterocycles. The first kappa shape index (κ1) is 23.3. The zero-order valence-corrected chi connectivity index (χ0v) is 21.5. The van der Waals surface area contributed by atoms with Crippen molar-refractivity contribution in [2.24, 2.45) is 0 Å². The Morgan fingerprint density at radius 2 is 1.92 bits per heavy atom. The molecule has 3 aromatic heterocycles. The van der Waals surface area contributed by atoms with Crippen LogP contribution in [0.4, 0.5) is 0 Å². The fraction of sp³-hybridized carbons (Fsp3) is 0.267. The summed E-state index contributed by atoms with van der Waals surface area (Å²) in [5.74, 6) is 0.890. The number of H-pyrrole nitrogens is 1. The predicted molar refractivity (Wildman–Crippen MR) is 145 cm³/mol. The van der Waals surface area contributed by atoms with Crippen LogP contribution in [0, 0.1) is 13.8 Å². The zero-order chi connectivity index (χ0) is 25.7. The van der Waals surface area contributed by atoms with E-state index in [0.717, 1.165) is 33.5 Å². The summed E-state index contributed by atoms with van der Waals surface area (Å²) in [7, 11) is 1.68.